The van der Waals surface area contributed by atoms with E-state index in [4.69, 9.17) is 10.5 Å². The van der Waals surface area contributed by atoms with Crippen molar-refractivity contribution in [1.29, 1.82) is 0 Å². The van der Waals surface area contributed by atoms with Crippen LogP contribution >= 0.6 is 24.0 Å². The molecule has 0 heterocycles. The first-order valence-electron chi connectivity index (χ1n) is 7.00. The lowest BCUT2D eigenvalue weighted by atomic mass is 10.1. The zero-order chi connectivity index (χ0) is 15.1. The van der Waals surface area contributed by atoms with Crippen LogP contribution in [-0.2, 0) is 13.0 Å². The topological polar surface area (TPSA) is 59.6 Å². The SMILES string of the molecule is CCc1cccc(NC(N)=NCc2ccccc2OC)c1.I. The van der Waals surface area contributed by atoms with Crippen molar-refractivity contribution in [3.63, 3.8) is 0 Å². The van der Waals surface area contributed by atoms with Gasteiger partial charge in [-0.2, -0.15) is 0 Å². The minimum Gasteiger partial charge on any atom is -0.496 e. The van der Waals surface area contributed by atoms with Crippen LogP contribution in [0.1, 0.15) is 18.1 Å². The predicted molar refractivity (Wildman–Crippen MR) is 103 cm³/mol. The van der Waals surface area contributed by atoms with Crippen LogP contribution in [0.15, 0.2) is 53.5 Å². The summed E-state index contributed by atoms with van der Waals surface area (Å²) in [5.74, 6) is 1.22. The molecule has 118 valence electrons. The maximum absolute atomic E-state index is 5.93. The van der Waals surface area contributed by atoms with Gasteiger partial charge in [0.25, 0.3) is 0 Å². The van der Waals surface area contributed by atoms with E-state index >= 15 is 0 Å². The molecule has 0 aliphatic heterocycles. The molecule has 2 rings (SSSR count). The summed E-state index contributed by atoms with van der Waals surface area (Å²) in [5, 5.41) is 3.11. The van der Waals surface area contributed by atoms with Crippen LogP contribution in [0.5, 0.6) is 5.75 Å². The van der Waals surface area contributed by atoms with E-state index in [2.05, 4.69) is 29.4 Å². The summed E-state index contributed by atoms with van der Waals surface area (Å²) >= 11 is 0. The molecule has 2 aromatic rings. The number of anilines is 1. The van der Waals surface area contributed by atoms with Crippen LogP contribution in [-0.4, -0.2) is 13.1 Å². The predicted octanol–water partition coefficient (Wildman–Crippen LogP) is 3.80. The van der Waals surface area contributed by atoms with Crippen LogP contribution in [0, 0.1) is 0 Å². The third kappa shape index (κ3) is 5.22. The Labute approximate surface area is 148 Å². The van der Waals surface area contributed by atoms with Gasteiger partial charge >= 0.3 is 0 Å². The number of methoxy groups -OCH3 is 1. The average molecular weight is 411 g/mol. The highest BCUT2D eigenvalue weighted by Gasteiger charge is 2.01. The standard InChI is InChI=1S/C17H21N3O.HI/c1-3-13-7-6-9-15(11-13)20-17(18)19-12-14-8-4-5-10-16(14)21-2;/h4-11H,3,12H2,1-2H3,(H3,18,19,20);1H. The van der Waals surface area contributed by atoms with Crippen LogP contribution in [0.3, 0.4) is 0 Å². The Hall–Kier alpha value is -1.76. The Bertz CT molecular complexity index is 629. The molecule has 0 aliphatic carbocycles. The Morgan fingerprint density at radius 1 is 1.18 bits per heavy atom. The minimum absolute atomic E-state index is 0. The molecule has 2 aromatic carbocycles. The molecular weight excluding hydrogens is 389 g/mol. The van der Waals surface area contributed by atoms with E-state index in [1.165, 1.54) is 5.56 Å². The number of hydrogen-bond donors (Lipinski definition) is 2. The van der Waals surface area contributed by atoms with Crippen molar-refractivity contribution in [3.05, 3.63) is 59.7 Å². The van der Waals surface area contributed by atoms with E-state index in [9.17, 15) is 0 Å². The lowest BCUT2D eigenvalue weighted by molar-refractivity contribution is 0.410. The number of aryl methyl sites for hydroxylation is 1. The number of rotatable bonds is 5. The van der Waals surface area contributed by atoms with Crippen LogP contribution in [0.4, 0.5) is 5.69 Å². The van der Waals surface area contributed by atoms with Gasteiger partial charge in [-0.3, -0.25) is 0 Å². The third-order valence-electron chi connectivity index (χ3n) is 3.22. The number of nitrogens with one attached hydrogen (secondary N) is 1. The Morgan fingerprint density at radius 3 is 2.68 bits per heavy atom. The molecule has 0 radical (unpaired) electrons. The molecule has 0 bridgehead atoms. The Kier molecular flexibility index (Phi) is 7.73. The number of ether oxygens (including phenoxy) is 1. The quantitative estimate of drug-likeness (QED) is 0.447. The lowest BCUT2D eigenvalue weighted by Crippen LogP contribution is -2.22. The average Bonchev–Trinajstić information content (AvgIpc) is 2.53. The second-order valence-corrected chi connectivity index (χ2v) is 4.69. The zero-order valence-corrected chi connectivity index (χ0v) is 15.2. The van der Waals surface area contributed by atoms with E-state index in [0.29, 0.717) is 12.5 Å². The highest BCUT2D eigenvalue weighted by molar-refractivity contribution is 14.0. The highest BCUT2D eigenvalue weighted by Crippen LogP contribution is 2.18. The van der Waals surface area contributed by atoms with Gasteiger partial charge in [0.15, 0.2) is 5.96 Å². The fourth-order valence-corrected chi connectivity index (χ4v) is 2.06. The van der Waals surface area contributed by atoms with Crippen LogP contribution in [0.25, 0.3) is 0 Å². The van der Waals surface area contributed by atoms with Crippen molar-refractivity contribution in [1.82, 2.24) is 0 Å². The number of hydrogen-bond acceptors (Lipinski definition) is 2. The van der Waals surface area contributed by atoms with E-state index in [1.807, 2.05) is 36.4 Å². The number of halogens is 1. The summed E-state index contributed by atoms with van der Waals surface area (Å²) < 4.78 is 5.30. The van der Waals surface area contributed by atoms with Gasteiger partial charge in [-0.25, -0.2) is 4.99 Å². The maximum Gasteiger partial charge on any atom is 0.193 e. The largest absolute Gasteiger partial charge is 0.496 e. The fourth-order valence-electron chi connectivity index (χ4n) is 2.06. The summed E-state index contributed by atoms with van der Waals surface area (Å²) in [4.78, 5) is 4.36. The molecule has 0 atom stereocenters. The zero-order valence-electron chi connectivity index (χ0n) is 12.9. The highest BCUT2D eigenvalue weighted by atomic mass is 127. The van der Waals surface area contributed by atoms with Gasteiger partial charge in [-0.05, 0) is 30.2 Å². The number of nitrogens with two attached hydrogens (primary N) is 1. The minimum atomic E-state index is 0. The lowest BCUT2D eigenvalue weighted by Gasteiger charge is -2.08. The third-order valence-corrected chi connectivity index (χ3v) is 3.22. The molecule has 22 heavy (non-hydrogen) atoms. The molecule has 0 saturated carbocycles. The van der Waals surface area contributed by atoms with Crippen LogP contribution in [0.2, 0.25) is 0 Å². The fraction of sp³-hybridized carbons (Fsp3) is 0.235. The monoisotopic (exact) mass is 411 g/mol. The number of nitrogens with zero attached hydrogens (tertiary/aromatic N) is 1. The van der Waals surface area contributed by atoms with E-state index in [0.717, 1.165) is 23.4 Å². The Balaban J connectivity index is 0.00000242. The van der Waals surface area contributed by atoms with E-state index < -0.39 is 0 Å². The molecule has 5 heteroatoms. The van der Waals surface area contributed by atoms with Gasteiger partial charge in [0.1, 0.15) is 5.75 Å². The van der Waals surface area contributed by atoms with Gasteiger partial charge in [-0.15, -0.1) is 24.0 Å². The molecule has 4 nitrogen and oxygen atoms in total. The molecule has 3 N–H and O–H groups in total. The number of para-hydroxylation sites is 1. The molecule has 0 amide bonds. The van der Waals surface area contributed by atoms with Crippen molar-refractivity contribution in [2.45, 2.75) is 19.9 Å². The normalized spacial score (nSPS) is 10.7. The number of benzene rings is 2. The second kappa shape index (κ2) is 9.30. The number of guanidine groups is 1. The molecule has 0 fully saturated rings. The van der Waals surface area contributed by atoms with Gasteiger partial charge in [0.05, 0.1) is 13.7 Å². The summed E-state index contributed by atoms with van der Waals surface area (Å²) in [5.41, 5.74) is 9.16. The summed E-state index contributed by atoms with van der Waals surface area (Å²) in [6.07, 6.45) is 0.994. The summed E-state index contributed by atoms with van der Waals surface area (Å²) in [7, 11) is 1.65. The molecule has 0 spiro atoms. The maximum atomic E-state index is 5.93. The number of aliphatic imine (C=N–C) groups is 1. The second-order valence-electron chi connectivity index (χ2n) is 4.69. The van der Waals surface area contributed by atoms with Crippen molar-refractivity contribution in [3.8, 4) is 5.75 Å². The van der Waals surface area contributed by atoms with Crippen molar-refractivity contribution in [2.24, 2.45) is 10.7 Å². The molecular formula is C17H22IN3O. The van der Waals surface area contributed by atoms with Crippen molar-refractivity contribution < 1.29 is 4.74 Å². The van der Waals surface area contributed by atoms with Crippen molar-refractivity contribution in [2.75, 3.05) is 12.4 Å². The molecule has 0 unspecified atom stereocenters. The van der Waals surface area contributed by atoms with Gasteiger partial charge in [-0.1, -0.05) is 37.3 Å². The van der Waals surface area contributed by atoms with Crippen LogP contribution < -0.4 is 15.8 Å². The first-order valence-corrected chi connectivity index (χ1v) is 7.00. The summed E-state index contributed by atoms with van der Waals surface area (Å²) in [6.45, 7) is 2.61. The molecule has 0 saturated heterocycles. The van der Waals surface area contributed by atoms with E-state index in [-0.39, 0.29) is 24.0 Å². The van der Waals surface area contributed by atoms with Gasteiger partial charge in [0.2, 0.25) is 0 Å². The smallest absolute Gasteiger partial charge is 0.193 e. The van der Waals surface area contributed by atoms with Gasteiger partial charge < -0.3 is 15.8 Å². The van der Waals surface area contributed by atoms with E-state index in [1.54, 1.807) is 7.11 Å². The van der Waals surface area contributed by atoms with Crippen molar-refractivity contribution >= 4 is 35.6 Å². The first-order chi connectivity index (χ1) is 10.2. The van der Waals surface area contributed by atoms with Gasteiger partial charge in [0, 0.05) is 11.3 Å². The summed E-state index contributed by atoms with van der Waals surface area (Å²) in [6, 6.07) is 15.9. The first kappa shape index (κ1) is 18.3. The Morgan fingerprint density at radius 2 is 1.95 bits per heavy atom. The molecule has 0 aromatic heterocycles. The molecule has 0 aliphatic rings.